The van der Waals surface area contributed by atoms with E-state index in [0.717, 1.165) is 6.08 Å². The van der Waals surface area contributed by atoms with Gasteiger partial charge in [0.15, 0.2) is 35.5 Å². The van der Waals surface area contributed by atoms with Crippen molar-refractivity contribution in [1.82, 2.24) is 0 Å². The summed E-state index contributed by atoms with van der Waals surface area (Å²) in [7, 11) is 1.37. The fourth-order valence-corrected chi connectivity index (χ4v) is 2.44. The molecule has 6 nitrogen and oxygen atoms in total. The molecule has 0 unspecified atom stereocenters. The first-order valence-corrected chi connectivity index (χ1v) is 8.18. The van der Waals surface area contributed by atoms with Crippen molar-refractivity contribution < 1.29 is 32.9 Å². The van der Waals surface area contributed by atoms with E-state index in [1.807, 2.05) is 0 Å². The smallest absolute Gasteiger partial charge is 0.331 e. The van der Waals surface area contributed by atoms with E-state index in [1.165, 1.54) is 25.3 Å². The molecule has 1 aliphatic heterocycles. The molecule has 140 valence electrons. The monoisotopic (exact) mass is 372 g/mol. The first-order valence-electron chi connectivity index (χ1n) is 8.18. The maximum Gasteiger partial charge on any atom is 0.331 e. The number of hydrogen-bond acceptors (Lipinski definition) is 6. The SMILES string of the molecule is COc1ccc(/C=C/C(=O)OCC(=O)c2ccc3c(c2)OCCO3)cc1F. The van der Waals surface area contributed by atoms with Gasteiger partial charge in [-0.2, -0.15) is 0 Å². The zero-order valence-corrected chi connectivity index (χ0v) is 14.6. The molecule has 0 bridgehead atoms. The van der Waals surface area contributed by atoms with Crippen LogP contribution < -0.4 is 14.2 Å². The summed E-state index contributed by atoms with van der Waals surface area (Å²) in [4.78, 5) is 23.9. The highest BCUT2D eigenvalue weighted by Gasteiger charge is 2.15. The summed E-state index contributed by atoms with van der Waals surface area (Å²) in [6.07, 6.45) is 2.51. The number of ether oxygens (including phenoxy) is 4. The Balaban J connectivity index is 1.55. The second kappa shape index (κ2) is 8.35. The molecule has 7 heteroatoms. The summed E-state index contributed by atoms with van der Waals surface area (Å²) < 4.78 is 34.2. The predicted molar refractivity (Wildman–Crippen MR) is 94.7 cm³/mol. The quantitative estimate of drug-likeness (QED) is 0.441. The van der Waals surface area contributed by atoms with E-state index in [9.17, 15) is 14.0 Å². The van der Waals surface area contributed by atoms with Crippen LogP contribution in [0.25, 0.3) is 6.08 Å². The highest BCUT2D eigenvalue weighted by Crippen LogP contribution is 2.30. The van der Waals surface area contributed by atoms with E-state index in [1.54, 1.807) is 24.3 Å². The number of halogens is 1. The minimum atomic E-state index is -0.711. The van der Waals surface area contributed by atoms with Gasteiger partial charge in [0, 0.05) is 11.6 Å². The largest absolute Gasteiger partial charge is 0.494 e. The Morgan fingerprint density at radius 1 is 1.11 bits per heavy atom. The first-order chi connectivity index (χ1) is 13.1. The summed E-state index contributed by atoms with van der Waals surface area (Å²) in [5.74, 6) is -0.452. The predicted octanol–water partition coefficient (Wildman–Crippen LogP) is 3.04. The van der Waals surface area contributed by atoms with E-state index >= 15 is 0 Å². The second-order valence-electron chi connectivity index (χ2n) is 5.62. The summed E-state index contributed by atoms with van der Waals surface area (Å²) in [6, 6.07) is 9.04. The molecule has 1 aliphatic rings. The number of hydrogen-bond donors (Lipinski definition) is 0. The van der Waals surface area contributed by atoms with Crippen molar-refractivity contribution in [2.24, 2.45) is 0 Å². The summed E-state index contributed by atoms with van der Waals surface area (Å²) in [5, 5.41) is 0. The van der Waals surface area contributed by atoms with Crippen LogP contribution in [0.15, 0.2) is 42.5 Å². The molecule has 0 spiro atoms. The zero-order chi connectivity index (χ0) is 19.2. The van der Waals surface area contributed by atoms with E-state index in [4.69, 9.17) is 18.9 Å². The second-order valence-corrected chi connectivity index (χ2v) is 5.62. The van der Waals surface area contributed by atoms with Crippen molar-refractivity contribution in [3.63, 3.8) is 0 Å². The third-order valence-corrected chi connectivity index (χ3v) is 3.80. The van der Waals surface area contributed by atoms with Crippen LogP contribution in [-0.4, -0.2) is 38.7 Å². The molecule has 0 saturated carbocycles. The van der Waals surface area contributed by atoms with Gasteiger partial charge in [0.2, 0.25) is 0 Å². The van der Waals surface area contributed by atoms with Gasteiger partial charge in [-0.15, -0.1) is 0 Å². The van der Waals surface area contributed by atoms with Gasteiger partial charge in [0.05, 0.1) is 7.11 Å². The fraction of sp³-hybridized carbons (Fsp3) is 0.200. The number of fused-ring (bicyclic) bond motifs is 1. The minimum Gasteiger partial charge on any atom is -0.494 e. The van der Waals surface area contributed by atoms with Crippen LogP contribution in [0.1, 0.15) is 15.9 Å². The van der Waals surface area contributed by atoms with Crippen LogP contribution in [0.3, 0.4) is 0 Å². The highest BCUT2D eigenvalue weighted by molar-refractivity contribution is 5.99. The highest BCUT2D eigenvalue weighted by atomic mass is 19.1. The van der Waals surface area contributed by atoms with Crippen molar-refractivity contribution in [3.05, 3.63) is 59.4 Å². The molecule has 0 amide bonds. The fourth-order valence-electron chi connectivity index (χ4n) is 2.44. The third-order valence-electron chi connectivity index (χ3n) is 3.80. The van der Waals surface area contributed by atoms with Crippen LogP contribution >= 0.6 is 0 Å². The molecule has 2 aromatic carbocycles. The maximum absolute atomic E-state index is 13.6. The Bertz CT molecular complexity index is 890. The molecule has 2 aromatic rings. The standard InChI is InChI=1S/C20H17FO6/c1-24-17-5-2-13(10-15(17)21)3-7-20(23)27-12-16(22)14-4-6-18-19(11-14)26-9-8-25-18/h2-7,10-11H,8-9,12H2,1H3/b7-3+. The summed E-state index contributed by atoms with van der Waals surface area (Å²) in [6.45, 7) is 0.457. The molecule has 0 saturated heterocycles. The Kier molecular flexibility index (Phi) is 5.71. The van der Waals surface area contributed by atoms with Gasteiger partial charge in [-0.1, -0.05) is 6.07 Å². The topological polar surface area (TPSA) is 71.1 Å². The lowest BCUT2D eigenvalue weighted by Crippen LogP contribution is -2.17. The third kappa shape index (κ3) is 4.63. The molecule has 3 rings (SSSR count). The van der Waals surface area contributed by atoms with Gasteiger partial charge in [0.1, 0.15) is 13.2 Å². The molecule has 0 aromatic heterocycles. The van der Waals surface area contributed by atoms with Gasteiger partial charge in [0.25, 0.3) is 0 Å². The average Bonchev–Trinajstić information content (AvgIpc) is 2.70. The van der Waals surface area contributed by atoms with Gasteiger partial charge >= 0.3 is 5.97 Å². The van der Waals surface area contributed by atoms with E-state index < -0.39 is 18.4 Å². The number of Topliss-reactive ketones (excluding diaryl/α,β-unsaturated/α-hetero) is 1. The minimum absolute atomic E-state index is 0.111. The van der Waals surface area contributed by atoms with Gasteiger partial charge in [-0.3, -0.25) is 4.79 Å². The van der Waals surface area contributed by atoms with E-state index in [0.29, 0.717) is 35.8 Å². The van der Waals surface area contributed by atoms with Crippen LogP contribution in [0.4, 0.5) is 4.39 Å². The average molecular weight is 372 g/mol. The Hall–Kier alpha value is -3.35. The van der Waals surface area contributed by atoms with Crippen molar-refractivity contribution in [2.45, 2.75) is 0 Å². The van der Waals surface area contributed by atoms with Crippen LogP contribution in [-0.2, 0) is 9.53 Å². The van der Waals surface area contributed by atoms with Crippen molar-refractivity contribution in [3.8, 4) is 17.2 Å². The number of methoxy groups -OCH3 is 1. The molecule has 27 heavy (non-hydrogen) atoms. The zero-order valence-electron chi connectivity index (χ0n) is 14.6. The number of ketones is 1. The van der Waals surface area contributed by atoms with Crippen molar-refractivity contribution >= 4 is 17.8 Å². The number of carbonyl (C=O) groups excluding carboxylic acids is 2. The number of benzene rings is 2. The molecular formula is C20H17FO6. The summed E-state index contributed by atoms with van der Waals surface area (Å²) >= 11 is 0. The molecule has 0 radical (unpaired) electrons. The van der Waals surface area contributed by atoms with E-state index in [2.05, 4.69) is 0 Å². The molecular weight excluding hydrogens is 355 g/mol. The van der Waals surface area contributed by atoms with Crippen molar-refractivity contribution in [2.75, 3.05) is 26.9 Å². The van der Waals surface area contributed by atoms with Gasteiger partial charge in [-0.05, 0) is 42.0 Å². The summed E-state index contributed by atoms with van der Waals surface area (Å²) in [5.41, 5.74) is 0.816. The lowest BCUT2D eigenvalue weighted by atomic mass is 10.1. The molecule has 0 N–H and O–H groups in total. The lowest BCUT2D eigenvalue weighted by Gasteiger charge is -2.18. The lowest BCUT2D eigenvalue weighted by molar-refractivity contribution is -0.136. The Morgan fingerprint density at radius 3 is 2.63 bits per heavy atom. The van der Waals surface area contributed by atoms with Gasteiger partial charge in [-0.25, -0.2) is 9.18 Å². The van der Waals surface area contributed by atoms with Crippen LogP contribution in [0.5, 0.6) is 17.2 Å². The number of rotatable bonds is 6. The first kappa shape index (κ1) is 18.4. The van der Waals surface area contributed by atoms with Crippen LogP contribution in [0, 0.1) is 5.82 Å². The molecule has 0 atom stereocenters. The van der Waals surface area contributed by atoms with Gasteiger partial charge < -0.3 is 18.9 Å². The van der Waals surface area contributed by atoms with E-state index in [-0.39, 0.29) is 11.5 Å². The Labute approximate surface area is 155 Å². The Morgan fingerprint density at radius 2 is 1.89 bits per heavy atom. The molecule has 1 heterocycles. The molecule has 0 aliphatic carbocycles. The van der Waals surface area contributed by atoms with Crippen LogP contribution in [0.2, 0.25) is 0 Å². The maximum atomic E-state index is 13.6. The number of esters is 1. The van der Waals surface area contributed by atoms with Crippen molar-refractivity contribution in [1.29, 1.82) is 0 Å². The normalized spacial score (nSPS) is 12.7. The number of carbonyl (C=O) groups is 2. The molecule has 0 fully saturated rings.